The number of nitrogens with one attached hydrogen (secondary N) is 3. The van der Waals surface area contributed by atoms with Crippen LogP contribution < -0.4 is 10.6 Å². The SMILES string of the molecule is C=Nc1c(NCC(=N)c2cc(-c3cncc(NC(=C)CCC)c3)ccc2C)cncc1-c1ccc(C)s1. The van der Waals surface area contributed by atoms with Crippen LogP contribution in [0.1, 0.15) is 35.8 Å². The largest absolute Gasteiger partial charge is 0.376 e. The first-order chi connectivity index (χ1) is 17.9. The van der Waals surface area contributed by atoms with Crippen LogP contribution in [0.5, 0.6) is 0 Å². The van der Waals surface area contributed by atoms with E-state index in [2.05, 4.69) is 83.1 Å². The van der Waals surface area contributed by atoms with Crippen molar-refractivity contribution in [2.24, 2.45) is 4.99 Å². The van der Waals surface area contributed by atoms with Gasteiger partial charge in [-0.15, -0.1) is 11.3 Å². The highest BCUT2D eigenvalue weighted by Crippen LogP contribution is 2.38. The van der Waals surface area contributed by atoms with E-state index < -0.39 is 0 Å². The zero-order valence-corrected chi connectivity index (χ0v) is 22.4. The van der Waals surface area contributed by atoms with Gasteiger partial charge in [0.25, 0.3) is 0 Å². The van der Waals surface area contributed by atoms with E-state index in [0.717, 1.165) is 68.3 Å². The minimum Gasteiger partial charge on any atom is -0.376 e. The van der Waals surface area contributed by atoms with E-state index in [1.54, 1.807) is 23.7 Å². The Labute approximate surface area is 222 Å². The highest BCUT2D eigenvalue weighted by molar-refractivity contribution is 7.15. The topological polar surface area (TPSA) is 86.0 Å². The lowest BCUT2D eigenvalue weighted by Gasteiger charge is -2.15. The molecule has 0 saturated carbocycles. The van der Waals surface area contributed by atoms with Crippen molar-refractivity contribution >= 4 is 40.8 Å². The molecule has 0 radical (unpaired) electrons. The summed E-state index contributed by atoms with van der Waals surface area (Å²) in [6, 6.07) is 12.4. The predicted octanol–water partition coefficient (Wildman–Crippen LogP) is 8.03. The second-order valence-corrected chi connectivity index (χ2v) is 10.2. The van der Waals surface area contributed by atoms with Crippen molar-refractivity contribution in [1.82, 2.24) is 9.97 Å². The summed E-state index contributed by atoms with van der Waals surface area (Å²) in [5.41, 5.74) is 8.71. The van der Waals surface area contributed by atoms with E-state index in [9.17, 15) is 0 Å². The van der Waals surface area contributed by atoms with Gasteiger partial charge in [-0.25, -0.2) is 0 Å². The fraction of sp³-hybridized carbons (Fsp3) is 0.200. The summed E-state index contributed by atoms with van der Waals surface area (Å²) in [6.07, 6.45) is 9.15. The van der Waals surface area contributed by atoms with Gasteiger partial charge in [-0.05, 0) is 62.4 Å². The molecule has 0 spiro atoms. The van der Waals surface area contributed by atoms with Crippen LogP contribution in [0.15, 0.2) is 78.5 Å². The molecule has 3 aromatic heterocycles. The molecule has 0 aliphatic rings. The van der Waals surface area contributed by atoms with E-state index in [1.807, 2.05) is 25.4 Å². The maximum Gasteiger partial charge on any atom is 0.0971 e. The maximum atomic E-state index is 8.84. The van der Waals surface area contributed by atoms with Gasteiger partial charge < -0.3 is 16.0 Å². The summed E-state index contributed by atoms with van der Waals surface area (Å²) in [6.45, 7) is 14.4. The molecule has 7 heteroatoms. The molecule has 3 heterocycles. The smallest absolute Gasteiger partial charge is 0.0971 e. The molecular formula is C30H32N6S. The van der Waals surface area contributed by atoms with Crippen molar-refractivity contribution in [1.29, 1.82) is 5.41 Å². The number of aliphatic imine (C=N–C) groups is 1. The van der Waals surface area contributed by atoms with Gasteiger partial charge >= 0.3 is 0 Å². The zero-order valence-electron chi connectivity index (χ0n) is 21.6. The zero-order chi connectivity index (χ0) is 26.4. The van der Waals surface area contributed by atoms with E-state index in [-0.39, 0.29) is 0 Å². The molecule has 0 aliphatic carbocycles. The molecule has 0 fully saturated rings. The van der Waals surface area contributed by atoms with Gasteiger partial charge in [-0.3, -0.25) is 15.0 Å². The van der Waals surface area contributed by atoms with E-state index >= 15 is 0 Å². The van der Waals surface area contributed by atoms with Gasteiger partial charge in [0.1, 0.15) is 0 Å². The summed E-state index contributed by atoms with van der Waals surface area (Å²) in [5, 5.41) is 15.5. The molecular weight excluding hydrogens is 476 g/mol. The van der Waals surface area contributed by atoms with Crippen LogP contribution in [0.2, 0.25) is 0 Å². The van der Waals surface area contributed by atoms with E-state index in [1.165, 1.54) is 4.88 Å². The molecule has 37 heavy (non-hydrogen) atoms. The van der Waals surface area contributed by atoms with Crippen LogP contribution in [0.25, 0.3) is 21.6 Å². The average molecular weight is 509 g/mol. The van der Waals surface area contributed by atoms with Crippen molar-refractivity contribution < 1.29 is 0 Å². The summed E-state index contributed by atoms with van der Waals surface area (Å²) < 4.78 is 0. The lowest BCUT2D eigenvalue weighted by molar-refractivity contribution is 0.913. The molecule has 0 unspecified atom stereocenters. The van der Waals surface area contributed by atoms with Gasteiger partial charge in [-0.2, -0.15) is 0 Å². The number of aryl methyl sites for hydroxylation is 2. The normalized spacial score (nSPS) is 10.7. The number of allylic oxidation sites excluding steroid dienone is 1. The van der Waals surface area contributed by atoms with Gasteiger partial charge in [-0.1, -0.05) is 32.1 Å². The van der Waals surface area contributed by atoms with Crippen LogP contribution in [-0.2, 0) is 0 Å². The second-order valence-electron chi connectivity index (χ2n) is 8.95. The van der Waals surface area contributed by atoms with Crippen LogP contribution in [0.4, 0.5) is 17.1 Å². The first-order valence-corrected chi connectivity index (χ1v) is 13.0. The van der Waals surface area contributed by atoms with Gasteiger partial charge in [0.05, 0.1) is 41.7 Å². The number of nitrogens with zero attached hydrogens (tertiary/aromatic N) is 3. The summed E-state index contributed by atoms with van der Waals surface area (Å²) in [5.74, 6) is 0. The molecule has 4 rings (SSSR count). The third-order valence-electron chi connectivity index (χ3n) is 6.04. The Balaban J connectivity index is 1.54. The maximum absolute atomic E-state index is 8.84. The Morgan fingerprint density at radius 1 is 1.03 bits per heavy atom. The van der Waals surface area contributed by atoms with Crippen molar-refractivity contribution in [3.8, 4) is 21.6 Å². The molecule has 3 N–H and O–H groups in total. The van der Waals surface area contributed by atoms with Crippen LogP contribution in [0, 0.1) is 19.3 Å². The third-order valence-corrected chi connectivity index (χ3v) is 7.08. The molecule has 4 aromatic rings. The monoisotopic (exact) mass is 508 g/mol. The Kier molecular flexibility index (Phi) is 8.25. The number of hydrogen-bond acceptors (Lipinski definition) is 7. The second kappa shape index (κ2) is 11.8. The fourth-order valence-electron chi connectivity index (χ4n) is 4.15. The molecule has 0 atom stereocenters. The number of rotatable bonds is 11. The molecule has 0 amide bonds. The Hall–Kier alpha value is -4.10. The average Bonchev–Trinajstić information content (AvgIpc) is 3.33. The summed E-state index contributed by atoms with van der Waals surface area (Å²) >= 11 is 1.70. The lowest BCUT2D eigenvalue weighted by atomic mass is 9.97. The molecule has 6 nitrogen and oxygen atoms in total. The number of hydrogen-bond donors (Lipinski definition) is 3. The molecule has 1 aromatic carbocycles. The number of benzene rings is 1. The molecule has 0 aliphatic heterocycles. The quantitative estimate of drug-likeness (QED) is 0.179. The van der Waals surface area contributed by atoms with Crippen molar-refractivity contribution in [2.45, 2.75) is 33.6 Å². The van der Waals surface area contributed by atoms with Gasteiger partial charge in [0, 0.05) is 44.5 Å². The van der Waals surface area contributed by atoms with Crippen LogP contribution in [0.3, 0.4) is 0 Å². The standard InChI is InChI=1S/C30H32N6S/c1-6-7-20(3)36-24-12-23(14-33-15-24)22-10-8-19(2)25(13-22)27(31)17-35-28-18-34-16-26(30(28)32-5)29-11-9-21(4)37-29/h8-16,18,31,35-36H,3,5-7,17H2,1-2,4H3. The van der Waals surface area contributed by atoms with Crippen LogP contribution in [-0.4, -0.2) is 28.9 Å². The first kappa shape index (κ1) is 26.0. The first-order valence-electron chi connectivity index (χ1n) is 12.2. The Morgan fingerprint density at radius 3 is 2.57 bits per heavy atom. The van der Waals surface area contributed by atoms with E-state index in [4.69, 9.17) is 5.41 Å². The summed E-state index contributed by atoms with van der Waals surface area (Å²) in [7, 11) is 0. The van der Waals surface area contributed by atoms with Gasteiger partial charge in [0.15, 0.2) is 0 Å². The predicted molar refractivity (Wildman–Crippen MR) is 159 cm³/mol. The minimum atomic E-state index is 0.331. The third kappa shape index (κ3) is 6.19. The number of anilines is 2. The van der Waals surface area contributed by atoms with Crippen molar-refractivity contribution in [3.63, 3.8) is 0 Å². The van der Waals surface area contributed by atoms with Crippen molar-refractivity contribution in [3.05, 3.63) is 89.5 Å². The summed E-state index contributed by atoms with van der Waals surface area (Å²) in [4.78, 5) is 15.4. The molecule has 0 saturated heterocycles. The van der Waals surface area contributed by atoms with Crippen LogP contribution >= 0.6 is 11.3 Å². The number of aromatic nitrogens is 2. The number of thiophene rings is 1. The fourth-order valence-corrected chi connectivity index (χ4v) is 5.03. The molecule has 188 valence electrons. The van der Waals surface area contributed by atoms with E-state index in [0.29, 0.717) is 12.3 Å². The Bertz CT molecular complexity index is 1450. The lowest BCUT2D eigenvalue weighted by Crippen LogP contribution is -2.15. The highest BCUT2D eigenvalue weighted by atomic mass is 32.1. The Morgan fingerprint density at radius 2 is 1.84 bits per heavy atom. The highest BCUT2D eigenvalue weighted by Gasteiger charge is 2.14. The number of pyridine rings is 2. The minimum absolute atomic E-state index is 0.331. The van der Waals surface area contributed by atoms with Gasteiger partial charge in [0.2, 0.25) is 0 Å². The molecule has 0 bridgehead atoms. The van der Waals surface area contributed by atoms with Crippen molar-refractivity contribution in [2.75, 3.05) is 17.2 Å².